The minimum atomic E-state index is -0.333. The van der Waals surface area contributed by atoms with Crippen molar-refractivity contribution in [2.75, 3.05) is 11.1 Å². The van der Waals surface area contributed by atoms with E-state index in [1.165, 1.54) is 12.4 Å². The van der Waals surface area contributed by atoms with Crippen LogP contribution < -0.4 is 11.1 Å². The Morgan fingerprint density at radius 3 is 2.09 bits per heavy atom. The number of anilines is 2. The summed E-state index contributed by atoms with van der Waals surface area (Å²) in [5.41, 5.74) is 8.93. The summed E-state index contributed by atoms with van der Waals surface area (Å²) in [6.07, 6.45) is 2.93. The number of nitrogens with one attached hydrogen (secondary N) is 1. The lowest BCUT2D eigenvalue weighted by molar-refractivity contribution is 0.102. The second kappa shape index (κ2) is 6.56. The lowest BCUT2D eigenvalue weighted by Crippen LogP contribution is -2.19. The summed E-state index contributed by atoms with van der Waals surface area (Å²) in [5.74, 6) is 0.398. The fraction of sp³-hybridized carbons (Fsp3) is 0.353. The van der Waals surface area contributed by atoms with Crippen LogP contribution in [0.1, 0.15) is 61.1 Å². The van der Waals surface area contributed by atoms with Crippen LogP contribution in [-0.2, 0) is 0 Å². The van der Waals surface area contributed by atoms with Gasteiger partial charge in [0.15, 0.2) is 11.5 Å². The highest BCUT2D eigenvalue weighted by molar-refractivity contribution is 6.06. The van der Waals surface area contributed by atoms with E-state index < -0.39 is 0 Å². The predicted molar refractivity (Wildman–Crippen MR) is 89.0 cm³/mol. The average Bonchev–Trinajstić information content (AvgIpc) is 2.47. The van der Waals surface area contributed by atoms with Gasteiger partial charge in [0.2, 0.25) is 0 Å². The van der Waals surface area contributed by atoms with Crippen LogP contribution in [0.15, 0.2) is 30.6 Å². The van der Waals surface area contributed by atoms with Gasteiger partial charge >= 0.3 is 0 Å². The monoisotopic (exact) mass is 298 g/mol. The van der Waals surface area contributed by atoms with Gasteiger partial charge in [0.25, 0.3) is 5.91 Å². The Bertz CT molecular complexity index is 654. The van der Waals surface area contributed by atoms with Crippen molar-refractivity contribution >= 4 is 17.4 Å². The summed E-state index contributed by atoms with van der Waals surface area (Å²) in [7, 11) is 0. The van der Waals surface area contributed by atoms with Gasteiger partial charge in [-0.05, 0) is 23.0 Å². The molecular formula is C17H22N4O. The number of nitrogen functional groups attached to an aromatic ring is 1. The Morgan fingerprint density at radius 1 is 1.05 bits per heavy atom. The molecule has 116 valence electrons. The molecule has 1 aromatic heterocycles. The van der Waals surface area contributed by atoms with Crippen molar-refractivity contribution < 1.29 is 4.79 Å². The van der Waals surface area contributed by atoms with Crippen molar-refractivity contribution in [1.29, 1.82) is 0 Å². The second-order valence-electron chi connectivity index (χ2n) is 5.87. The van der Waals surface area contributed by atoms with Gasteiger partial charge in [0, 0.05) is 18.1 Å². The molecule has 0 unspecified atom stereocenters. The first-order valence-electron chi connectivity index (χ1n) is 7.42. The Labute approximate surface area is 131 Å². The number of para-hydroxylation sites is 1. The van der Waals surface area contributed by atoms with Crippen LogP contribution in [-0.4, -0.2) is 15.9 Å². The zero-order chi connectivity index (χ0) is 16.3. The number of rotatable bonds is 4. The molecule has 0 aliphatic rings. The number of nitrogens with zero attached hydrogens (tertiary/aromatic N) is 2. The molecule has 0 radical (unpaired) electrons. The summed E-state index contributed by atoms with van der Waals surface area (Å²) >= 11 is 0. The van der Waals surface area contributed by atoms with E-state index >= 15 is 0 Å². The molecule has 0 aliphatic carbocycles. The van der Waals surface area contributed by atoms with Crippen LogP contribution in [0.25, 0.3) is 0 Å². The van der Waals surface area contributed by atoms with E-state index in [4.69, 9.17) is 5.73 Å². The highest BCUT2D eigenvalue weighted by Gasteiger charge is 2.18. The smallest absolute Gasteiger partial charge is 0.278 e. The fourth-order valence-corrected chi connectivity index (χ4v) is 2.39. The Hall–Kier alpha value is -2.43. The first-order valence-corrected chi connectivity index (χ1v) is 7.42. The van der Waals surface area contributed by atoms with Gasteiger partial charge < -0.3 is 11.1 Å². The molecule has 5 nitrogen and oxygen atoms in total. The van der Waals surface area contributed by atoms with Crippen LogP contribution in [0.5, 0.6) is 0 Å². The van der Waals surface area contributed by atoms with Crippen molar-refractivity contribution in [3.63, 3.8) is 0 Å². The standard InChI is InChI=1S/C17H22N4O/c1-10(2)12-6-5-7-13(11(3)4)14(12)21-17(22)15-16(18)20-9-8-19-15/h5-11H,1-4H3,(H2,18,20)(H,21,22). The summed E-state index contributed by atoms with van der Waals surface area (Å²) < 4.78 is 0. The second-order valence-corrected chi connectivity index (χ2v) is 5.87. The van der Waals surface area contributed by atoms with Gasteiger partial charge in [0.05, 0.1) is 0 Å². The molecule has 2 rings (SSSR count). The largest absolute Gasteiger partial charge is 0.382 e. The molecule has 0 saturated heterocycles. The van der Waals surface area contributed by atoms with Crippen molar-refractivity contribution in [1.82, 2.24) is 9.97 Å². The van der Waals surface area contributed by atoms with Gasteiger partial charge in [-0.15, -0.1) is 0 Å². The van der Waals surface area contributed by atoms with E-state index in [0.717, 1.165) is 16.8 Å². The topological polar surface area (TPSA) is 80.9 Å². The molecule has 1 aromatic carbocycles. The Kier molecular flexibility index (Phi) is 4.75. The van der Waals surface area contributed by atoms with Gasteiger partial charge in [-0.25, -0.2) is 9.97 Å². The highest BCUT2D eigenvalue weighted by atomic mass is 16.1. The highest BCUT2D eigenvalue weighted by Crippen LogP contribution is 2.32. The predicted octanol–water partition coefficient (Wildman–Crippen LogP) is 3.56. The lowest BCUT2D eigenvalue weighted by atomic mass is 9.92. The summed E-state index contributed by atoms with van der Waals surface area (Å²) in [6, 6.07) is 6.09. The van der Waals surface area contributed by atoms with Crippen LogP contribution in [0.4, 0.5) is 11.5 Å². The van der Waals surface area contributed by atoms with E-state index in [2.05, 4.69) is 43.0 Å². The molecule has 0 spiro atoms. The molecule has 1 amide bonds. The molecule has 1 heterocycles. The number of amides is 1. The molecule has 5 heteroatoms. The van der Waals surface area contributed by atoms with E-state index in [0.29, 0.717) is 11.8 Å². The molecule has 0 aliphatic heterocycles. The van der Waals surface area contributed by atoms with Crippen LogP contribution in [0, 0.1) is 0 Å². The summed E-state index contributed by atoms with van der Waals surface area (Å²) in [4.78, 5) is 20.4. The zero-order valence-corrected chi connectivity index (χ0v) is 13.4. The number of carbonyl (C=O) groups excluding carboxylic acids is 1. The summed E-state index contributed by atoms with van der Waals surface area (Å²) in [6.45, 7) is 8.41. The van der Waals surface area contributed by atoms with Gasteiger partial charge in [-0.3, -0.25) is 4.79 Å². The molecule has 0 bridgehead atoms. The molecule has 22 heavy (non-hydrogen) atoms. The molecular weight excluding hydrogens is 276 g/mol. The first-order chi connectivity index (χ1) is 10.4. The minimum Gasteiger partial charge on any atom is -0.382 e. The average molecular weight is 298 g/mol. The third kappa shape index (κ3) is 3.24. The Balaban J connectivity index is 2.44. The van der Waals surface area contributed by atoms with Crippen LogP contribution in [0.3, 0.4) is 0 Å². The molecule has 0 fully saturated rings. The van der Waals surface area contributed by atoms with Crippen LogP contribution in [0.2, 0.25) is 0 Å². The SMILES string of the molecule is CC(C)c1cccc(C(C)C)c1NC(=O)c1nccnc1N. The maximum atomic E-state index is 12.5. The van der Waals surface area contributed by atoms with Crippen molar-refractivity contribution in [2.24, 2.45) is 0 Å². The molecule has 0 saturated carbocycles. The summed E-state index contributed by atoms with van der Waals surface area (Å²) in [5, 5.41) is 2.98. The van der Waals surface area contributed by atoms with Gasteiger partial charge in [-0.1, -0.05) is 45.9 Å². The molecule has 2 aromatic rings. The Morgan fingerprint density at radius 2 is 1.59 bits per heavy atom. The lowest BCUT2D eigenvalue weighted by Gasteiger charge is -2.20. The third-order valence-electron chi connectivity index (χ3n) is 3.55. The molecule has 3 N–H and O–H groups in total. The number of aromatic nitrogens is 2. The maximum absolute atomic E-state index is 12.5. The third-order valence-corrected chi connectivity index (χ3v) is 3.55. The van der Waals surface area contributed by atoms with E-state index in [9.17, 15) is 4.79 Å². The van der Waals surface area contributed by atoms with Gasteiger partial charge in [0.1, 0.15) is 0 Å². The normalized spacial score (nSPS) is 11.0. The van der Waals surface area contributed by atoms with Gasteiger partial charge in [-0.2, -0.15) is 0 Å². The van der Waals surface area contributed by atoms with Crippen molar-refractivity contribution in [3.8, 4) is 0 Å². The number of carbonyl (C=O) groups is 1. The quantitative estimate of drug-likeness (QED) is 0.904. The van der Waals surface area contributed by atoms with Crippen molar-refractivity contribution in [3.05, 3.63) is 47.4 Å². The van der Waals surface area contributed by atoms with E-state index in [-0.39, 0.29) is 17.4 Å². The maximum Gasteiger partial charge on any atom is 0.278 e. The number of hydrogen-bond acceptors (Lipinski definition) is 4. The van der Waals surface area contributed by atoms with Crippen LogP contribution >= 0.6 is 0 Å². The van der Waals surface area contributed by atoms with Crippen molar-refractivity contribution in [2.45, 2.75) is 39.5 Å². The minimum absolute atomic E-state index is 0.133. The number of nitrogens with two attached hydrogens (primary N) is 1. The van der Waals surface area contributed by atoms with E-state index in [1.54, 1.807) is 0 Å². The molecule has 0 atom stereocenters. The zero-order valence-electron chi connectivity index (χ0n) is 13.4. The fourth-order valence-electron chi connectivity index (χ4n) is 2.39. The van der Waals surface area contributed by atoms with E-state index in [1.807, 2.05) is 18.2 Å². The number of hydrogen-bond donors (Lipinski definition) is 2. The number of benzene rings is 1. The first kappa shape index (κ1) is 15.9.